The van der Waals surface area contributed by atoms with E-state index in [0.29, 0.717) is 34.4 Å². The van der Waals surface area contributed by atoms with Gasteiger partial charge in [0.2, 0.25) is 11.7 Å². The van der Waals surface area contributed by atoms with E-state index in [0.717, 1.165) is 17.0 Å². The van der Waals surface area contributed by atoms with Crippen LogP contribution in [0.15, 0.2) is 59.1 Å². The minimum absolute atomic E-state index is 0.129. The third-order valence-electron chi connectivity index (χ3n) is 4.63. The maximum Gasteiger partial charge on any atom is 0.251 e. The molecule has 0 radical (unpaired) electrons. The lowest BCUT2D eigenvalue weighted by Gasteiger charge is -2.06. The monoisotopic (exact) mass is 421 g/mol. The van der Waals surface area contributed by atoms with E-state index in [2.05, 4.69) is 20.6 Å². The summed E-state index contributed by atoms with van der Waals surface area (Å²) < 4.78 is 7.16. The Morgan fingerprint density at radius 2 is 1.90 bits per heavy atom. The first-order valence-corrected chi connectivity index (χ1v) is 9.83. The number of hydrogen-bond acceptors (Lipinski definition) is 5. The average Bonchev–Trinajstić information content (AvgIpc) is 3.33. The van der Waals surface area contributed by atoms with Gasteiger partial charge in [-0.1, -0.05) is 41.0 Å². The molecule has 0 aliphatic rings. The standard InChI is InChI=1S/C22H20ClN5O2/c1-14-11-15(2)28(26-14)13-16-7-9-17(10-8-16)22(29)24-12-20-25-21(27-30-20)18-5-3-4-6-19(18)23/h3-11H,12-13H2,1-2H3,(H,24,29). The molecule has 1 N–H and O–H groups in total. The fourth-order valence-corrected chi connectivity index (χ4v) is 3.33. The molecule has 0 spiro atoms. The lowest BCUT2D eigenvalue weighted by Crippen LogP contribution is -2.23. The first kappa shape index (κ1) is 19.8. The quantitative estimate of drug-likeness (QED) is 0.504. The predicted molar refractivity (Wildman–Crippen MR) is 113 cm³/mol. The number of benzene rings is 2. The Balaban J connectivity index is 1.36. The van der Waals surface area contributed by atoms with Crippen molar-refractivity contribution in [1.82, 2.24) is 25.2 Å². The Morgan fingerprint density at radius 1 is 1.13 bits per heavy atom. The smallest absolute Gasteiger partial charge is 0.251 e. The van der Waals surface area contributed by atoms with Crippen LogP contribution in [-0.4, -0.2) is 25.8 Å². The number of aryl methyl sites for hydroxylation is 2. The molecular weight excluding hydrogens is 402 g/mol. The molecule has 1 amide bonds. The molecule has 0 bridgehead atoms. The van der Waals surface area contributed by atoms with E-state index in [4.69, 9.17) is 16.1 Å². The van der Waals surface area contributed by atoms with Gasteiger partial charge in [-0.3, -0.25) is 9.48 Å². The second-order valence-corrected chi connectivity index (χ2v) is 7.36. The number of nitrogens with zero attached hydrogens (tertiary/aromatic N) is 4. The minimum Gasteiger partial charge on any atom is -0.343 e. The molecule has 4 rings (SSSR count). The molecule has 30 heavy (non-hydrogen) atoms. The molecule has 7 nitrogen and oxygen atoms in total. The molecular formula is C22H20ClN5O2. The summed E-state index contributed by atoms with van der Waals surface area (Å²) in [4.78, 5) is 16.7. The Morgan fingerprint density at radius 3 is 2.60 bits per heavy atom. The summed E-state index contributed by atoms with van der Waals surface area (Å²) in [5, 5.41) is 11.7. The molecule has 0 saturated heterocycles. The number of aromatic nitrogens is 4. The Kier molecular flexibility index (Phi) is 5.63. The second-order valence-electron chi connectivity index (χ2n) is 6.96. The van der Waals surface area contributed by atoms with Crippen LogP contribution in [0.5, 0.6) is 0 Å². The third-order valence-corrected chi connectivity index (χ3v) is 4.96. The largest absolute Gasteiger partial charge is 0.343 e. The van der Waals surface area contributed by atoms with Gasteiger partial charge in [-0.2, -0.15) is 10.1 Å². The fraction of sp³-hybridized carbons (Fsp3) is 0.182. The van der Waals surface area contributed by atoms with Crippen molar-refractivity contribution < 1.29 is 9.32 Å². The molecule has 152 valence electrons. The van der Waals surface area contributed by atoms with Gasteiger partial charge in [-0.05, 0) is 49.7 Å². The van der Waals surface area contributed by atoms with Gasteiger partial charge < -0.3 is 9.84 Å². The van der Waals surface area contributed by atoms with Crippen LogP contribution in [-0.2, 0) is 13.1 Å². The lowest BCUT2D eigenvalue weighted by molar-refractivity contribution is 0.0946. The number of rotatable bonds is 6. The maximum atomic E-state index is 12.4. The van der Waals surface area contributed by atoms with Gasteiger partial charge in [-0.25, -0.2) is 0 Å². The molecule has 4 aromatic rings. The molecule has 0 atom stereocenters. The van der Waals surface area contributed by atoms with Crippen molar-refractivity contribution in [3.63, 3.8) is 0 Å². The predicted octanol–water partition coefficient (Wildman–Crippen LogP) is 4.18. The van der Waals surface area contributed by atoms with Crippen molar-refractivity contribution in [2.75, 3.05) is 0 Å². The summed E-state index contributed by atoms with van der Waals surface area (Å²) in [5.74, 6) is 0.475. The molecule has 8 heteroatoms. The van der Waals surface area contributed by atoms with Crippen LogP contribution < -0.4 is 5.32 Å². The molecule has 2 aromatic carbocycles. The number of carbonyl (C=O) groups is 1. The molecule has 2 heterocycles. The fourth-order valence-electron chi connectivity index (χ4n) is 3.11. The molecule has 0 saturated carbocycles. The Hall–Kier alpha value is -3.45. The highest BCUT2D eigenvalue weighted by Crippen LogP contribution is 2.24. The Labute approximate surface area is 178 Å². The van der Waals surface area contributed by atoms with Crippen LogP contribution in [0.4, 0.5) is 0 Å². The molecule has 0 aliphatic heterocycles. The minimum atomic E-state index is -0.217. The number of halogens is 1. The van der Waals surface area contributed by atoms with Gasteiger partial charge in [0.05, 0.1) is 23.8 Å². The summed E-state index contributed by atoms with van der Waals surface area (Å²) in [6.45, 7) is 4.78. The van der Waals surface area contributed by atoms with E-state index in [9.17, 15) is 4.79 Å². The molecule has 0 unspecified atom stereocenters. The number of carbonyl (C=O) groups excluding carboxylic acids is 1. The van der Waals surface area contributed by atoms with Crippen LogP contribution in [0, 0.1) is 13.8 Å². The lowest BCUT2D eigenvalue weighted by atomic mass is 10.1. The van der Waals surface area contributed by atoms with Gasteiger partial charge in [0.15, 0.2) is 0 Å². The third kappa shape index (κ3) is 4.41. The van der Waals surface area contributed by atoms with Crippen LogP contribution in [0.1, 0.15) is 33.2 Å². The van der Waals surface area contributed by atoms with Gasteiger partial charge in [0.25, 0.3) is 5.91 Å². The van der Waals surface area contributed by atoms with Gasteiger partial charge in [0.1, 0.15) is 0 Å². The summed E-state index contributed by atoms with van der Waals surface area (Å²) in [6.07, 6.45) is 0. The second kappa shape index (κ2) is 8.51. The zero-order valence-corrected chi connectivity index (χ0v) is 17.3. The number of hydrogen-bond donors (Lipinski definition) is 1. The van der Waals surface area contributed by atoms with Crippen molar-refractivity contribution in [1.29, 1.82) is 0 Å². The van der Waals surface area contributed by atoms with Crippen LogP contribution in [0.25, 0.3) is 11.4 Å². The normalized spacial score (nSPS) is 10.9. The maximum absolute atomic E-state index is 12.4. The van der Waals surface area contributed by atoms with Crippen LogP contribution in [0.2, 0.25) is 5.02 Å². The SMILES string of the molecule is Cc1cc(C)n(Cc2ccc(C(=O)NCc3nc(-c4ccccc4Cl)no3)cc2)n1. The highest BCUT2D eigenvalue weighted by Gasteiger charge is 2.13. The molecule has 2 aromatic heterocycles. The van der Waals surface area contributed by atoms with E-state index in [1.165, 1.54) is 0 Å². The van der Waals surface area contributed by atoms with Gasteiger partial charge in [-0.15, -0.1) is 0 Å². The van der Waals surface area contributed by atoms with E-state index in [-0.39, 0.29) is 12.5 Å². The summed E-state index contributed by atoms with van der Waals surface area (Å²) in [5.41, 5.74) is 4.39. The van der Waals surface area contributed by atoms with Gasteiger partial charge >= 0.3 is 0 Å². The summed E-state index contributed by atoms with van der Waals surface area (Å²) >= 11 is 6.15. The first-order valence-electron chi connectivity index (χ1n) is 9.45. The Bertz CT molecular complexity index is 1180. The zero-order chi connectivity index (χ0) is 21.1. The van der Waals surface area contributed by atoms with E-state index >= 15 is 0 Å². The highest BCUT2D eigenvalue weighted by molar-refractivity contribution is 6.33. The molecule has 0 fully saturated rings. The first-order chi connectivity index (χ1) is 14.5. The van der Waals surface area contributed by atoms with E-state index < -0.39 is 0 Å². The van der Waals surface area contributed by atoms with E-state index in [1.54, 1.807) is 18.2 Å². The topological polar surface area (TPSA) is 85.8 Å². The van der Waals surface area contributed by atoms with Gasteiger partial charge in [0, 0.05) is 16.8 Å². The van der Waals surface area contributed by atoms with Crippen molar-refractivity contribution in [3.8, 4) is 11.4 Å². The van der Waals surface area contributed by atoms with Crippen LogP contribution >= 0.6 is 11.6 Å². The van der Waals surface area contributed by atoms with Crippen molar-refractivity contribution in [2.45, 2.75) is 26.9 Å². The van der Waals surface area contributed by atoms with Crippen LogP contribution in [0.3, 0.4) is 0 Å². The average molecular weight is 422 g/mol. The van der Waals surface area contributed by atoms with Crippen molar-refractivity contribution in [2.24, 2.45) is 0 Å². The summed E-state index contributed by atoms with van der Waals surface area (Å²) in [7, 11) is 0. The number of amides is 1. The molecule has 0 aliphatic carbocycles. The zero-order valence-electron chi connectivity index (χ0n) is 16.6. The van der Waals surface area contributed by atoms with Crippen molar-refractivity contribution in [3.05, 3.63) is 88.0 Å². The van der Waals surface area contributed by atoms with Crippen molar-refractivity contribution >= 4 is 17.5 Å². The number of nitrogens with one attached hydrogen (secondary N) is 1. The summed E-state index contributed by atoms with van der Waals surface area (Å²) in [6, 6.07) is 16.7. The highest BCUT2D eigenvalue weighted by atomic mass is 35.5. The van der Waals surface area contributed by atoms with E-state index in [1.807, 2.05) is 54.9 Å².